The molecule has 0 atom stereocenters. The van der Waals surface area contributed by atoms with E-state index in [4.69, 9.17) is 0 Å². The maximum atomic E-state index is 12.1. The van der Waals surface area contributed by atoms with Crippen LogP contribution in [0.25, 0.3) is 6.08 Å². The van der Waals surface area contributed by atoms with Crippen LogP contribution in [0.4, 0.5) is 0 Å². The Kier molecular flexibility index (Phi) is 3.48. The smallest absolute Gasteiger partial charge is 0.246 e. The molecule has 0 radical (unpaired) electrons. The number of thiophene rings is 1. The summed E-state index contributed by atoms with van der Waals surface area (Å²) in [5, 5.41) is 5.09. The molecule has 1 amide bonds. The van der Waals surface area contributed by atoms with E-state index in [1.54, 1.807) is 34.8 Å². The van der Waals surface area contributed by atoms with Crippen LogP contribution in [0, 0.1) is 6.92 Å². The summed E-state index contributed by atoms with van der Waals surface area (Å²) < 4.78 is 0. The zero-order chi connectivity index (χ0) is 13.2. The fraction of sp³-hybridized carbons (Fsp3) is 0.286. The van der Waals surface area contributed by atoms with Crippen molar-refractivity contribution in [1.82, 2.24) is 9.88 Å². The third-order valence-corrected chi connectivity index (χ3v) is 4.97. The third kappa shape index (κ3) is 2.77. The van der Waals surface area contributed by atoms with Gasteiger partial charge in [-0.15, -0.1) is 22.7 Å². The largest absolute Gasteiger partial charge is 0.334 e. The molecule has 0 saturated carbocycles. The van der Waals surface area contributed by atoms with Crippen LogP contribution in [0.1, 0.15) is 21.1 Å². The van der Waals surface area contributed by atoms with Crippen molar-refractivity contribution in [2.45, 2.75) is 19.9 Å². The Bertz CT molecular complexity index is 627. The van der Waals surface area contributed by atoms with E-state index in [0.717, 1.165) is 30.2 Å². The van der Waals surface area contributed by atoms with Crippen LogP contribution >= 0.6 is 22.7 Å². The Hall–Kier alpha value is -1.46. The summed E-state index contributed by atoms with van der Waals surface area (Å²) in [5.41, 5.74) is 2.16. The summed E-state index contributed by atoms with van der Waals surface area (Å²) in [5.74, 6) is 0.0718. The van der Waals surface area contributed by atoms with Gasteiger partial charge >= 0.3 is 0 Å². The van der Waals surface area contributed by atoms with E-state index in [-0.39, 0.29) is 5.91 Å². The lowest BCUT2D eigenvalue weighted by atomic mass is 10.1. The molecule has 0 unspecified atom stereocenters. The minimum Gasteiger partial charge on any atom is -0.334 e. The SMILES string of the molecule is Cc1nc(/C=C/C(=O)N2CCc3sccc3C2)cs1. The van der Waals surface area contributed by atoms with Crippen molar-refractivity contribution in [3.8, 4) is 0 Å². The zero-order valence-corrected chi connectivity index (χ0v) is 12.3. The van der Waals surface area contributed by atoms with E-state index in [0.29, 0.717) is 0 Å². The highest BCUT2D eigenvalue weighted by molar-refractivity contribution is 7.10. The molecule has 0 aromatic carbocycles. The van der Waals surface area contributed by atoms with Crippen molar-refractivity contribution in [1.29, 1.82) is 0 Å². The molecule has 0 saturated heterocycles. The van der Waals surface area contributed by atoms with Gasteiger partial charge < -0.3 is 4.90 Å². The molecule has 3 nitrogen and oxygen atoms in total. The molecule has 1 aliphatic rings. The van der Waals surface area contributed by atoms with Crippen LogP contribution in [0.5, 0.6) is 0 Å². The number of fused-ring (bicyclic) bond motifs is 1. The molecule has 0 aliphatic carbocycles. The molecule has 0 fully saturated rings. The van der Waals surface area contributed by atoms with E-state index < -0.39 is 0 Å². The molecule has 5 heteroatoms. The fourth-order valence-corrected chi connectivity index (χ4v) is 3.63. The van der Waals surface area contributed by atoms with Gasteiger partial charge in [0.15, 0.2) is 0 Å². The first-order valence-corrected chi connectivity index (χ1v) is 7.92. The highest BCUT2D eigenvalue weighted by atomic mass is 32.1. The monoisotopic (exact) mass is 290 g/mol. The molecule has 0 N–H and O–H groups in total. The molecular weight excluding hydrogens is 276 g/mol. The maximum Gasteiger partial charge on any atom is 0.246 e. The van der Waals surface area contributed by atoms with Crippen LogP contribution in [-0.4, -0.2) is 22.3 Å². The Balaban J connectivity index is 1.67. The summed E-state index contributed by atoms with van der Waals surface area (Å²) in [6.07, 6.45) is 4.41. The van der Waals surface area contributed by atoms with Crippen molar-refractivity contribution in [3.63, 3.8) is 0 Å². The standard InChI is InChI=1S/C14H14N2OS2/c1-10-15-12(9-19-10)2-3-14(17)16-6-4-13-11(8-16)5-7-18-13/h2-3,5,7,9H,4,6,8H2,1H3/b3-2+. The van der Waals surface area contributed by atoms with E-state index in [1.807, 2.05) is 17.2 Å². The highest BCUT2D eigenvalue weighted by Crippen LogP contribution is 2.24. The summed E-state index contributed by atoms with van der Waals surface area (Å²) in [6, 6.07) is 2.12. The molecule has 2 aromatic rings. The predicted molar refractivity (Wildman–Crippen MR) is 79.3 cm³/mol. The Morgan fingerprint density at radius 2 is 2.37 bits per heavy atom. The average molecular weight is 290 g/mol. The first-order valence-electron chi connectivity index (χ1n) is 6.17. The summed E-state index contributed by atoms with van der Waals surface area (Å²) in [6.45, 7) is 3.51. The Morgan fingerprint density at radius 1 is 1.47 bits per heavy atom. The van der Waals surface area contributed by atoms with Crippen molar-refractivity contribution >= 4 is 34.7 Å². The van der Waals surface area contributed by atoms with Gasteiger partial charge in [-0.1, -0.05) is 0 Å². The lowest BCUT2D eigenvalue weighted by Crippen LogP contribution is -2.34. The number of carbonyl (C=O) groups excluding carboxylic acids is 1. The second kappa shape index (κ2) is 5.27. The molecule has 2 aromatic heterocycles. The Morgan fingerprint density at radius 3 is 3.16 bits per heavy atom. The number of rotatable bonds is 2. The van der Waals surface area contributed by atoms with E-state index >= 15 is 0 Å². The average Bonchev–Trinajstić information content (AvgIpc) is 3.03. The number of amides is 1. The van der Waals surface area contributed by atoms with Crippen molar-refractivity contribution in [2.24, 2.45) is 0 Å². The first-order chi connectivity index (χ1) is 9.22. The third-order valence-electron chi connectivity index (χ3n) is 3.15. The van der Waals surface area contributed by atoms with Gasteiger partial charge in [0.2, 0.25) is 5.91 Å². The number of carbonyl (C=O) groups is 1. The predicted octanol–water partition coefficient (Wildman–Crippen LogP) is 3.11. The second-order valence-electron chi connectivity index (χ2n) is 4.50. The fourth-order valence-electron chi connectivity index (χ4n) is 2.16. The number of thiazole rings is 1. The molecule has 0 spiro atoms. The van der Waals surface area contributed by atoms with Gasteiger partial charge in [-0.25, -0.2) is 4.98 Å². The van der Waals surface area contributed by atoms with Crippen LogP contribution in [0.15, 0.2) is 22.9 Å². The van der Waals surface area contributed by atoms with Gasteiger partial charge in [-0.05, 0) is 36.4 Å². The molecule has 98 valence electrons. The molecule has 0 bridgehead atoms. The minimum atomic E-state index is 0.0718. The quantitative estimate of drug-likeness (QED) is 0.796. The summed E-state index contributed by atoms with van der Waals surface area (Å²) in [4.78, 5) is 19.8. The molecule has 3 heterocycles. The van der Waals surface area contributed by atoms with Crippen molar-refractivity contribution in [2.75, 3.05) is 6.54 Å². The van der Waals surface area contributed by atoms with E-state index in [9.17, 15) is 4.79 Å². The number of aryl methyl sites for hydroxylation is 1. The molecule has 1 aliphatic heterocycles. The minimum absolute atomic E-state index is 0.0718. The van der Waals surface area contributed by atoms with Crippen molar-refractivity contribution in [3.05, 3.63) is 44.0 Å². The highest BCUT2D eigenvalue weighted by Gasteiger charge is 2.19. The topological polar surface area (TPSA) is 33.2 Å². The normalized spacial score (nSPS) is 14.9. The number of aromatic nitrogens is 1. The molecule has 19 heavy (non-hydrogen) atoms. The van der Waals surface area contributed by atoms with Gasteiger partial charge in [0.05, 0.1) is 10.7 Å². The lowest BCUT2D eigenvalue weighted by Gasteiger charge is -2.25. The van der Waals surface area contributed by atoms with Crippen LogP contribution in [0.2, 0.25) is 0 Å². The summed E-state index contributed by atoms with van der Waals surface area (Å²) in [7, 11) is 0. The van der Waals surface area contributed by atoms with Crippen LogP contribution in [-0.2, 0) is 17.8 Å². The van der Waals surface area contributed by atoms with Gasteiger partial charge in [0.1, 0.15) is 0 Å². The van der Waals surface area contributed by atoms with Gasteiger partial charge in [0, 0.05) is 29.4 Å². The maximum absolute atomic E-state index is 12.1. The van der Waals surface area contributed by atoms with Crippen LogP contribution in [0.3, 0.4) is 0 Å². The molecular formula is C14H14N2OS2. The van der Waals surface area contributed by atoms with Gasteiger partial charge in [-0.3, -0.25) is 4.79 Å². The van der Waals surface area contributed by atoms with Gasteiger partial charge in [0.25, 0.3) is 0 Å². The molecule has 3 rings (SSSR count). The van der Waals surface area contributed by atoms with Gasteiger partial charge in [-0.2, -0.15) is 0 Å². The summed E-state index contributed by atoms with van der Waals surface area (Å²) >= 11 is 3.39. The van der Waals surface area contributed by atoms with E-state index in [1.165, 1.54) is 10.4 Å². The van der Waals surface area contributed by atoms with Crippen LogP contribution < -0.4 is 0 Å². The zero-order valence-electron chi connectivity index (χ0n) is 10.6. The van der Waals surface area contributed by atoms with Crippen molar-refractivity contribution < 1.29 is 4.79 Å². The number of nitrogens with zero attached hydrogens (tertiary/aromatic N) is 2. The number of hydrogen-bond acceptors (Lipinski definition) is 4. The Labute approximate surface area is 120 Å². The number of hydrogen-bond donors (Lipinski definition) is 0. The first kappa shape index (κ1) is 12.6. The van der Waals surface area contributed by atoms with E-state index in [2.05, 4.69) is 16.4 Å². The second-order valence-corrected chi connectivity index (χ2v) is 6.57. The lowest BCUT2D eigenvalue weighted by molar-refractivity contribution is -0.126.